The fraction of sp³-hybridized carbons (Fsp3) is 0.300. The second kappa shape index (κ2) is 9.83. The maximum absolute atomic E-state index is 12.2. The Morgan fingerprint density at radius 2 is 1.81 bits per heavy atom. The number of carbonyl (C=O) groups excluding carboxylic acids is 2. The van der Waals surface area contributed by atoms with E-state index in [1.165, 1.54) is 0 Å². The third-order valence-electron chi connectivity index (χ3n) is 3.68. The summed E-state index contributed by atoms with van der Waals surface area (Å²) in [7, 11) is 1.54. The smallest absolute Gasteiger partial charge is 0.262 e. The number of methoxy groups -OCH3 is 1. The second-order valence-electron chi connectivity index (χ2n) is 5.98. The van der Waals surface area contributed by atoms with Crippen LogP contribution in [0.5, 0.6) is 11.5 Å². The molecular weight excluding hydrogens is 368 g/mol. The first-order chi connectivity index (χ1) is 12.9. The van der Waals surface area contributed by atoms with Gasteiger partial charge in [-0.25, -0.2) is 0 Å². The molecule has 144 valence electrons. The summed E-state index contributed by atoms with van der Waals surface area (Å²) in [6.07, 6.45) is 1.18. The minimum absolute atomic E-state index is 0.0908. The molecule has 6 nitrogen and oxygen atoms in total. The van der Waals surface area contributed by atoms with Gasteiger partial charge in [0.15, 0.2) is 18.1 Å². The highest BCUT2D eigenvalue weighted by molar-refractivity contribution is 6.33. The van der Waals surface area contributed by atoms with Crippen LogP contribution >= 0.6 is 11.6 Å². The zero-order chi connectivity index (χ0) is 19.8. The van der Waals surface area contributed by atoms with Crippen molar-refractivity contribution in [2.45, 2.75) is 26.7 Å². The van der Waals surface area contributed by atoms with Crippen LogP contribution in [0.15, 0.2) is 36.4 Å². The Balaban J connectivity index is 2.00. The van der Waals surface area contributed by atoms with E-state index < -0.39 is 0 Å². The molecule has 0 atom stereocenters. The number of hydrogen-bond acceptors (Lipinski definition) is 4. The first-order valence-corrected chi connectivity index (χ1v) is 8.97. The van der Waals surface area contributed by atoms with Gasteiger partial charge < -0.3 is 20.1 Å². The molecule has 0 heterocycles. The standard InChI is InChI=1S/C20H23ClN2O4/c1-4-5-19(24)22-14-7-8-15(21)16(11-14)23-20(25)12-27-17-9-6-13(2)10-18(17)26-3/h6-11H,4-5,12H2,1-3H3,(H,22,24)(H,23,25). The summed E-state index contributed by atoms with van der Waals surface area (Å²) in [4.78, 5) is 23.9. The number of ether oxygens (including phenoxy) is 2. The fourth-order valence-corrected chi connectivity index (χ4v) is 2.54. The molecule has 0 aliphatic heterocycles. The number of hydrogen-bond donors (Lipinski definition) is 2. The molecule has 2 aromatic carbocycles. The van der Waals surface area contributed by atoms with Crippen LogP contribution in [0.3, 0.4) is 0 Å². The molecule has 2 aromatic rings. The summed E-state index contributed by atoms with van der Waals surface area (Å²) < 4.78 is 10.8. The van der Waals surface area contributed by atoms with Gasteiger partial charge in [0.1, 0.15) is 0 Å². The number of amides is 2. The van der Waals surface area contributed by atoms with Gasteiger partial charge in [-0.15, -0.1) is 0 Å². The number of aryl methyl sites for hydroxylation is 1. The minimum atomic E-state index is -0.378. The zero-order valence-electron chi connectivity index (χ0n) is 15.6. The lowest BCUT2D eigenvalue weighted by molar-refractivity contribution is -0.118. The average Bonchev–Trinajstić information content (AvgIpc) is 2.63. The maximum Gasteiger partial charge on any atom is 0.262 e. The van der Waals surface area contributed by atoms with Crippen molar-refractivity contribution in [2.75, 3.05) is 24.4 Å². The SMILES string of the molecule is CCCC(=O)Nc1ccc(Cl)c(NC(=O)COc2ccc(C)cc2OC)c1. The summed E-state index contributed by atoms with van der Waals surface area (Å²) in [5.41, 5.74) is 1.99. The molecule has 2 amide bonds. The maximum atomic E-state index is 12.2. The predicted molar refractivity (Wildman–Crippen MR) is 107 cm³/mol. The number of anilines is 2. The minimum Gasteiger partial charge on any atom is -0.493 e. The van der Waals surface area contributed by atoms with Gasteiger partial charge in [-0.1, -0.05) is 24.6 Å². The van der Waals surface area contributed by atoms with Gasteiger partial charge in [0.25, 0.3) is 5.91 Å². The third-order valence-corrected chi connectivity index (χ3v) is 4.01. The Hall–Kier alpha value is -2.73. The number of halogens is 1. The van der Waals surface area contributed by atoms with Crippen LogP contribution in [-0.2, 0) is 9.59 Å². The molecule has 2 N–H and O–H groups in total. The van der Waals surface area contributed by atoms with Gasteiger partial charge in [0.2, 0.25) is 5.91 Å². The number of carbonyl (C=O) groups is 2. The zero-order valence-corrected chi connectivity index (χ0v) is 16.4. The summed E-state index contributed by atoms with van der Waals surface area (Å²) >= 11 is 6.13. The van der Waals surface area contributed by atoms with E-state index >= 15 is 0 Å². The Bertz CT molecular complexity index is 824. The highest BCUT2D eigenvalue weighted by Crippen LogP contribution is 2.28. The highest BCUT2D eigenvalue weighted by atomic mass is 35.5. The molecule has 0 saturated heterocycles. The van der Waals surface area contributed by atoms with Crippen molar-refractivity contribution in [1.82, 2.24) is 0 Å². The second-order valence-corrected chi connectivity index (χ2v) is 6.39. The molecule has 0 aliphatic carbocycles. The lowest BCUT2D eigenvalue weighted by Gasteiger charge is -2.13. The van der Waals surface area contributed by atoms with E-state index in [-0.39, 0.29) is 18.4 Å². The molecule has 0 radical (unpaired) electrons. The normalized spacial score (nSPS) is 10.2. The molecule has 2 rings (SSSR count). The fourth-order valence-electron chi connectivity index (χ4n) is 2.37. The molecule has 0 spiro atoms. The average molecular weight is 391 g/mol. The Morgan fingerprint density at radius 1 is 1.04 bits per heavy atom. The number of nitrogens with one attached hydrogen (secondary N) is 2. The van der Waals surface area contributed by atoms with Gasteiger partial charge in [-0.2, -0.15) is 0 Å². The van der Waals surface area contributed by atoms with Gasteiger partial charge in [0.05, 0.1) is 17.8 Å². The van der Waals surface area contributed by atoms with E-state index in [1.807, 2.05) is 26.0 Å². The van der Waals surface area contributed by atoms with Crippen LogP contribution in [0.25, 0.3) is 0 Å². The Kier molecular flexibility index (Phi) is 7.49. The van der Waals surface area contributed by atoms with Crippen LogP contribution in [0.2, 0.25) is 5.02 Å². The summed E-state index contributed by atoms with van der Waals surface area (Å²) in [5.74, 6) is 0.565. The Morgan fingerprint density at radius 3 is 2.52 bits per heavy atom. The van der Waals surface area contributed by atoms with Crippen LogP contribution in [0, 0.1) is 6.92 Å². The molecule has 7 heteroatoms. The van der Waals surface area contributed by atoms with Crippen molar-refractivity contribution in [3.63, 3.8) is 0 Å². The molecule has 0 aromatic heterocycles. The van der Waals surface area contributed by atoms with Crippen LogP contribution < -0.4 is 20.1 Å². The first kappa shape index (κ1) is 20.6. The van der Waals surface area contributed by atoms with E-state index in [2.05, 4.69) is 10.6 Å². The van der Waals surface area contributed by atoms with Gasteiger partial charge in [0, 0.05) is 12.1 Å². The monoisotopic (exact) mass is 390 g/mol. The first-order valence-electron chi connectivity index (χ1n) is 8.59. The third kappa shape index (κ3) is 6.18. The van der Waals surface area contributed by atoms with Gasteiger partial charge >= 0.3 is 0 Å². The number of rotatable bonds is 8. The summed E-state index contributed by atoms with van der Waals surface area (Å²) in [6, 6.07) is 10.3. The molecule has 0 saturated carbocycles. The van der Waals surface area contributed by atoms with Gasteiger partial charge in [-0.3, -0.25) is 9.59 Å². The van der Waals surface area contributed by atoms with Crippen molar-refractivity contribution in [3.8, 4) is 11.5 Å². The molecule has 27 heavy (non-hydrogen) atoms. The summed E-state index contributed by atoms with van der Waals surface area (Å²) in [6.45, 7) is 3.66. The van der Waals surface area contributed by atoms with Crippen LogP contribution in [-0.4, -0.2) is 25.5 Å². The molecule has 0 aliphatic rings. The van der Waals surface area contributed by atoms with Crippen molar-refractivity contribution >= 4 is 34.8 Å². The van der Waals surface area contributed by atoms with Crippen LogP contribution in [0.4, 0.5) is 11.4 Å². The topological polar surface area (TPSA) is 76.7 Å². The predicted octanol–water partition coefficient (Wildman–Crippen LogP) is 4.41. The molecule has 0 bridgehead atoms. The molecule has 0 fully saturated rings. The van der Waals surface area contributed by atoms with Crippen molar-refractivity contribution < 1.29 is 19.1 Å². The van der Waals surface area contributed by atoms with E-state index in [1.54, 1.807) is 31.4 Å². The lowest BCUT2D eigenvalue weighted by Crippen LogP contribution is -2.20. The summed E-state index contributed by atoms with van der Waals surface area (Å²) in [5, 5.41) is 5.82. The lowest BCUT2D eigenvalue weighted by atomic mass is 10.2. The number of benzene rings is 2. The largest absolute Gasteiger partial charge is 0.493 e. The van der Waals surface area contributed by atoms with E-state index in [4.69, 9.17) is 21.1 Å². The van der Waals surface area contributed by atoms with E-state index in [0.717, 1.165) is 12.0 Å². The highest BCUT2D eigenvalue weighted by Gasteiger charge is 2.11. The van der Waals surface area contributed by atoms with E-state index in [9.17, 15) is 9.59 Å². The van der Waals surface area contributed by atoms with Crippen molar-refractivity contribution in [1.29, 1.82) is 0 Å². The van der Waals surface area contributed by atoms with Crippen molar-refractivity contribution in [2.24, 2.45) is 0 Å². The van der Waals surface area contributed by atoms with Crippen molar-refractivity contribution in [3.05, 3.63) is 47.0 Å². The van der Waals surface area contributed by atoms with E-state index in [0.29, 0.717) is 34.3 Å². The van der Waals surface area contributed by atoms with Crippen LogP contribution in [0.1, 0.15) is 25.3 Å². The quantitative estimate of drug-likeness (QED) is 0.699. The van der Waals surface area contributed by atoms with Gasteiger partial charge in [-0.05, 0) is 49.2 Å². The molecular formula is C20H23ClN2O4. The molecule has 0 unspecified atom stereocenters. The Labute approximate surface area is 163 Å².